The third-order valence-corrected chi connectivity index (χ3v) is 4.99. The van der Waals surface area contributed by atoms with E-state index in [0.717, 1.165) is 34.8 Å². The highest BCUT2D eigenvalue weighted by Gasteiger charge is 2.24. The molecule has 3 aromatic rings. The lowest BCUT2D eigenvalue weighted by atomic mass is 9.93. The second-order valence-electron chi connectivity index (χ2n) is 6.29. The first-order valence-electron chi connectivity index (χ1n) is 8.28. The summed E-state index contributed by atoms with van der Waals surface area (Å²) in [6.07, 6.45) is 5.63. The van der Waals surface area contributed by atoms with Crippen molar-refractivity contribution in [3.63, 3.8) is 0 Å². The summed E-state index contributed by atoms with van der Waals surface area (Å²) in [6.45, 7) is 1.98. The smallest absolute Gasteiger partial charge is 0.338 e. The van der Waals surface area contributed by atoms with Crippen molar-refractivity contribution in [1.82, 2.24) is 14.8 Å². The van der Waals surface area contributed by atoms with E-state index in [9.17, 15) is 9.59 Å². The molecule has 0 bridgehead atoms. The van der Waals surface area contributed by atoms with E-state index in [-0.39, 0.29) is 11.5 Å². The molecule has 0 radical (unpaired) electrons. The lowest BCUT2D eigenvalue weighted by Gasteiger charge is -2.26. The number of aromatic nitrogens is 3. The average molecular weight is 325 g/mol. The molecule has 1 aliphatic rings. The maximum absolute atomic E-state index is 12.4. The number of nitrogens with zero attached hydrogens (tertiary/aromatic N) is 2. The van der Waals surface area contributed by atoms with Crippen molar-refractivity contribution in [2.24, 2.45) is 0 Å². The molecular formula is C18H19N3O3. The maximum atomic E-state index is 12.4. The number of esters is 1. The normalized spacial score (nSPS) is 14.9. The SMILES string of the molecule is CCc1cc2[nH]c(=O)c3cnn(C4CCC4)c3c2cc1C(=O)OC. The first kappa shape index (κ1) is 14.9. The van der Waals surface area contributed by atoms with Crippen LogP contribution in [0.4, 0.5) is 0 Å². The number of aryl methyl sites for hydroxylation is 1. The Kier molecular flexibility index (Phi) is 3.40. The van der Waals surface area contributed by atoms with E-state index in [1.165, 1.54) is 13.5 Å². The Morgan fingerprint density at radius 3 is 2.79 bits per heavy atom. The standard InChI is InChI=1S/C18H19N3O3/c1-3-10-7-15-13(8-12(10)18(23)24-2)16-14(17(22)20-15)9-19-21(16)11-5-4-6-11/h7-9,11H,3-6H2,1-2H3,(H,20,22). The van der Waals surface area contributed by atoms with Crippen molar-refractivity contribution in [2.75, 3.05) is 7.11 Å². The first-order chi connectivity index (χ1) is 11.6. The van der Waals surface area contributed by atoms with Crippen molar-refractivity contribution in [1.29, 1.82) is 0 Å². The number of ether oxygens (including phenoxy) is 1. The van der Waals surface area contributed by atoms with Crippen LogP contribution in [0.3, 0.4) is 0 Å². The van der Waals surface area contributed by atoms with Crippen LogP contribution in [0.25, 0.3) is 21.8 Å². The van der Waals surface area contributed by atoms with Gasteiger partial charge in [0.05, 0.1) is 41.3 Å². The lowest BCUT2D eigenvalue weighted by Crippen LogP contribution is -2.19. The molecule has 124 valence electrons. The first-order valence-corrected chi connectivity index (χ1v) is 8.28. The number of methoxy groups -OCH3 is 1. The molecule has 1 saturated carbocycles. The third-order valence-electron chi connectivity index (χ3n) is 4.99. The molecular weight excluding hydrogens is 306 g/mol. The molecule has 2 heterocycles. The van der Waals surface area contributed by atoms with Crippen LogP contribution in [0, 0.1) is 0 Å². The summed E-state index contributed by atoms with van der Waals surface area (Å²) in [5.41, 5.74) is 2.81. The number of H-pyrrole nitrogens is 1. The van der Waals surface area contributed by atoms with Gasteiger partial charge in [-0.05, 0) is 43.4 Å². The second kappa shape index (κ2) is 5.47. The van der Waals surface area contributed by atoms with Gasteiger partial charge in [-0.3, -0.25) is 9.48 Å². The molecule has 1 aliphatic carbocycles. The van der Waals surface area contributed by atoms with Gasteiger partial charge in [0.1, 0.15) is 0 Å². The van der Waals surface area contributed by atoms with Crippen molar-refractivity contribution < 1.29 is 9.53 Å². The summed E-state index contributed by atoms with van der Waals surface area (Å²) in [6, 6.07) is 4.04. The number of pyridine rings is 1. The predicted octanol–water partition coefficient (Wildman–Crippen LogP) is 2.95. The molecule has 6 heteroatoms. The number of rotatable bonds is 3. The molecule has 0 unspecified atom stereocenters. The zero-order valence-electron chi connectivity index (χ0n) is 13.8. The zero-order valence-corrected chi connectivity index (χ0v) is 13.8. The van der Waals surface area contributed by atoms with Gasteiger partial charge in [0, 0.05) is 5.39 Å². The van der Waals surface area contributed by atoms with Crippen molar-refractivity contribution in [2.45, 2.75) is 38.6 Å². The Labute approximate surface area is 138 Å². The van der Waals surface area contributed by atoms with Crippen molar-refractivity contribution >= 4 is 27.8 Å². The van der Waals surface area contributed by atoms with Gasteiger partial charge in [-0.1, -0.05) is 6.92 Å². The predicted molar refractivity (Wildman–Crippen MR) is 91.5 cm³/mol. The molecule has 0 amide bonds. The van der Waals surface area contributed by atoms with Gasteiger partial charge < -0.3 is 9.72 Å². The van der Waals surface area contributed by atoms with Crippen LogP contribution in [-0.2, 0) is 11.2 Å². The maximum Gasteiger partial charge on any atom is 0.338 e. The van der Waals surface area contributed by atoms with E-state index in [4.69, 9.17) is 4.74 Å². The Hall–Kier alpha value is -2.63. The summed E-state index contributed by atoms with van der Waals surface area (Å²) in [7, 11) is 1.38. The summed E-state index contributed by atoms with van der Waals surface area (Å²) in [5, 5.41) is 5.85. The van der Waals surface area contributed by atoms with Gasteiger partial charge in [-0.15, -0.1) is 0 Å². The van der Waals surface area contributed by atoms with Crippen molar-refractivity contribution in [3.05, 3.63) is 39.8 Å². The molecule has 6 nitrogen and oxygen atoms in total. The van der Waals surface area contributed by atoms with Crippen LogP contribution in [0.2, 0.25) is 0 Å². The summed E-state index contributed by atoms with van der Waals surface area (Å²) in [5.74, 6) is -0.359. The highest BCUT2D eigenvalue weighted by atomic mass is 16.5. The van der Waals surface area contributed by atoms with Crippen molar-refractivity contribution in [3.8, 4) is 0 Å². The number of hydrogen-bond donors (Lipinski definition) is 1. The molecule has 0 saturated heterocycles. The number of fused-ring (bicyclic) bond motifs is 3. The highest BCUT2D eigenvalue weighted by Crippen LogP contribution is 2.35. The zero-order chi connectivity index (χ0) is 16.8. The van der Waals surface area contributed by atoms with Gasteiger partial charge in [-0.2, -0.15) is 5.10 Å². The molecule has 0 spiro atoms. The molecule has 0 atom stereocenters. The fourth-order valence-corrected chi connectivity index (χ4v) is 3.43. The Bertz CT molecular complexity index is 1010. The molecule has 1 N–H and O–H groups in total. The summed E-state index contributed by atoms with van der Waals surface area (Å²) in [4.78, 5) is 27.5. The Balaban J connectivity index is 2.10. The number of benzene rings is 1. The fourth-order valence-electron chi connectivity index (χ4n) is 3.43. The number of carbonyl (C=O) groups excluding carboxylic acids is 1. The molecule has 1 fully saturated rings. The Morgan fingerprint density at radius 1 is 1.38 bits per heavy atom. The molecule has 0 aliphatic heterocycles. The second-order valence-corrected chi connectivity index (χ2v) is 6.29. The number of aromatic amines is 1. The molecule has 24 heavy (non-hydrogen) atoms. The number of nitrogens with one attached hydrogen (secondary N) is 1. The van der Waals surface area contributed by atoms with E-state index >= 15 is 0 Å². The minimum atomic E-state index is -0.359. The van der Waals surface area contributed by atoms with E-state index in [1.807, 2.05) is 23.7 Å². The van der Waals surface area contributed by atoms with Crippen LogP contribution >= 0.6 is 0 Å². The monoisotopic (exact) mass is 325 g/mol. The van der Waals surface area contributed by atoms with Gasteiger partial charge in [-0.25, -0.2) is 4.79 Å². The quantitative estimate of drug-likeness (QED) is 0.751. The molecule has 4 rings (SSSR count). The van der Waals surface area contributed by atoms with Crippen LogP contribution in [0.1, 0.15) is 48.1 Å². The summed E-state index contributed by atoms with van der Waals surface area (Å²) >= 11 is 0. The van der Waals surface area contributed by atoms with E-state index < -0.39 is 0 Å². The van der Waals surface area contributed by atoms with E-state index in [0.29, 0.717) is 23.4 Å². The number of carbonyl (C=O) groups is 1. The van der Waals surface area contributed by atoms with Crippen LogP contribution in [0.15, 0.2) is 23.1 Å². The molecule has 1 aromatic carbocycles. The largest absolute Gasteiger partial charge is 0.465 e. The molecule has 2 aromatic heterocycles. The number of hydrogen-bond acceptors (Lipinski definition) is 4. The van der Waals surface area contributed by atoms with Crippen LogP contribution in [-0.4, -0.2) is 27.8 Å². The van der Waals surface area contributed by atoms with Gasteiger partial charge in [0.2, 0.25) is 0 Å². The Morgan fingerprint density at radius 2 is 2.17 bits per heavy atom. The van der Waals surface area contributed by atoms with E-state index in [2.05, 4.69) is 10.1 Å². The summed E-state index contributed by atoms with van der Waals surface area (Å²) < 4.78 is 6.87. The van der Waals surface area contributed by atoms with Crippen LogP contribution in [0.5, 0.6) is 0 Å². The minimum Gasteiger partial charge on any atom is -0.465 e. The van der Waals surface area contributed by atoms with Crippen LogP contribution < -0.4 is 5.56 Å². The van der Waals surface area contributed by atoms with E-state index in [1.54, 1.807) is 6.20 Å². The highest BCUT2D eigenvalue weighted by molar-refractivity contribution is 6.06. The average Bonchev–Trinajstić information content (AvgIpc) is 2.97. The minimum absolute atomic E-state index is 0.143. The van der Waals surface area contributed by atoms with Gasteiger partial charge in [0.15, 0.2) is 0 Å². The van der Waals surface area contributed by atoms with Gasteiger partial charge >= 0.3 is 5.97 Å². The topological polar surface area (TPSA) is 77.0 Å². The van der Waals surface area contributed by atoms with Gasteiger partial charge in [0.25, 0.3) is 5.56 Å². The fraction of sp³-hybridized carbons (Fsp3) is 0.389. The third kappa shape index (κ3) is 2.06. The lowest BCUT2D eigenvalue weighted by molar-refractivity contribution is 0.0599.